The molecule has 3 amide bonds. The standard InChI is InChI=1S/C26H23N3O6/c1-35-22-10-6-5-9-20(22)25(33)29-21(15-17-7-3-2-4-8-17)26(34)28-19-13-11-18(12-14-19)24(32)27-16-23(30)31/h2-15H,16H2,1H3,(H,27,32)(H,28,34)(H,29,33)(H,30,31)/p-1/b21-15+. The summed E-state index contributed by atoms with van der Waals surface area (Å²) in [6.07, 6.45) is 1.53. The number of hydrogen-bond acceptors (Lipinski definition) is 6. The van der Waals surface area contributed by atoms with Crippen molar-refractivity contribution in [3.8, 4) is 5.75 Å². The number of carboxylic acid groups (broad SMARTS) is 1. The van der Waals surface area contributed by atoms with Gasteiger partial charge in [-0.3, -0.25) is 14.4 Å². The number of anilines is 1. The maximum atomic E-state index is 13.1. The summed E-state index contributed by atoms with van der Waals surface area (Å²) < 4.78 is 5.23. The van der Waals surface area contributed by atoms with Crippen LogP contribution in [0.1, 0.15) is 26.3 Å². The fourth-order valence-electron chi connectivity index (χ4n) is 3.05. The SMILES string of the molecule is COc1ccccc1C(=O)N/C(=C/c1ccccc1)C(=O)Nc1ccc(C(=O)NCC(=O)[O-])cc1. The smallest absolute Gasteiger partial charge is 0.272 e. The van der Waals surface area contributed by atoms with Crippen molar-refractivity contribution in [3.05, 3.63) is 101 Å². The van der Waals surface area contributed by atoms with Crippen LogP contribution in [0.3, 0.4) is 0 Å². The summed E-state index contributed by atoms with van der Waals surface area (Å²) in [4.78, 5) is 48.4. The second-order valence-corrected chi connectivity index (χ2v) is 7.21. The van der Waals surface area contributed by atoms with Gasteiger partial charge in [0.2, 0.25) is 0 Å². The summed E-state index contributed by atoms with van der Waals surface area (Å²) in [6.45, 7) is -0.614. The topological polar surface area (TPSA) is 137 Å². The van der Waals surface area contributed by atoms with E-state index in [4.69, 9.17) is 4.74 Å². The lowest BCUT2D eigenvalue weighted by Gasteiger charge is -2.13. The lowest BCUT2D eigenvalue weighted by atomic mass is 10.1. The van der Waals surface area contributed by atoms with Crippen molar-refractivity contribution in [3.63, 3.8) is 0 Å². The first-order valence-electron chi connectivity index (χ1n) is 10.5. The molecule has 0 saturated carbocycles. The van der Waals surface area contributed by atoms with Gasteiger partial charge in [0.25, 0.3) is 17.7 Å². The number of ether oxygens (including phenoxy) is 1. The van der Waals surface area contributed by atoms with Gasteiger partial charge in [-0.05, 0) is 48.0 Å². The van der Waals surface area contributed by atoms with Gasteiger partial charge in [0.15, 0.2) is 0 Å². The minimum Gasteiger partial charge on any atom is -0.548 e. The average molecular weight is 472 g/mol. The summed E-state index contributed by atoms with van der Waals surface area (Å²) >= 11 is 0. The van der Waals surface area contributed by atoms with Crippen LogP contribution in [0.2, 0.25) is 0 Å². The Morgan fingerprint density at radius 3 is 2.17 bits per heavy atom. The highest BCUT2D eigenvalue weighted by atomic mass is 16.5. The molecule has 3 aromatic rings. The Labute approximate surface area is 201 Å². The highest BCUT2D eigenvalue weighted by Gasteiger charge is 2.18. The number of rotatable bonds is 9. The molecule has 9 heteroatoms. The normalized spacial score (nSPS) is 10.7. The van der Waals surface area contributed by atoms with Crippen LogP contribution in [-0.2, 0) is 9.59 Å². The van der Waals surface area contributed by atoms with E-state index in [1.54, 1.807) is 48.5 Å². The maximum Gasteiger partial charge on any atom is 0.272 e. The van der Waals surface area contributed by atoms with Gasteiger partial charge in [-0.2, -0.15) is 0 Å². The molecule has 0 radical (unpaired) electrons. The number of para-hydroxylation sites is 1. The maximum absolute atomic E-state index is 13.1. The Bertz CT molecular complexity index is 1250. The molecule has 0 fully saturated rings. The van der Waals surface area contributed by atoms with Gasteiger partial charge in [-0.25, -0.2) is 0 Å². The van der Waals surface area contributed by atoms with Gasteiger partial charge >= 0.3 is 0 Å². The molecule has 0 bridgehead atoms. The van der Waals surface area contributed by atoms with Gasteiger partial charge in [0.1, 0.15) is 11.4 Å². The van der Waals surface area contributed by atoms with E-state index in [1.807, 2.05) is 6.07 Å². The van der Waals surface area contributed by atoms with Crippen molar-refractivity contribution < 1.29 is 29.0 Å². The molecule has 0 heterocycles. The number of amides is 3. The van der Waals surface area contributed by atoms with Crippen LogP contribution in [0, 0.1) is 0 Å². The van der Waals surface area contributed by atoms with E-state index in [1.165, 1.54) is 37.5 Å². The van der Waals surface area contributed by atoms with Gasteiger partial charge in [0.05, 0.1) is 25.2 Å². The highest BCUT2D eigenvalue weighted by Crippen LogP contribution is 2.18. The molecule has 0 unspecified atom stereocenters. The summed E-state index contributed by atoms with van der Waals surface area (Å²) in [5, 5.41) is 18.0. The molecule has 0 spiro atoms. The molecule has 0 aromatic heterocycles. The summed E-state index contributed by atoms with van der Waals surface area (Å²) in [6, 6.07) is 21.4. The molecule has 0 aliphatic rings. The van der Waals surface area contributed by atoms with E-state index in [-0.39, 0.29) is 16.8 Å². The molecule has 0 aliphatic heterocycles. The third kappa shape index (κ3) is 7.03. The molecule has 178 valence electrons. The molecule has 9 nitrogen and oxygen atoms in total. The Morgan fingerprint density at radius 1 is 0.857 bits per heavy atom. The summed E-state index contributed by atoms with van der Waals surface area (Å²) in [5.74, 6) is -2.76. The fraction of sp³-hybridized carbons (Fsp3) is 0.0769. The van der Waals surface area contributed by atoms with Crippen molar-refractivity contribution in [2.24, 2.45) is 0 Å². The van der Waals surface area contributed by atoms with Crippen molar-refractivity contribution in [2.75, 3.05) is 19.0 Å². The first kappa shape index (κ1) is 24.7. The summed E-state index contributed by atoms with van der Waals surface area (Å²) in [5.41, 5.74) is 1.50. The van der Waals surface area contributed by atoms with Gasteiger partial charge in [-0.1, -0.05) is 42.5 Å². The number of carbonyl (C=O) groups excluding carboxylic acids is 4. The zero-order chi connectivity index (χ0) is 25.2. The van der Waals surface area contributed by atoms with Crippen molar-refractivity contribution in [1.29, 1.82) is 0 Å². The molecule has 3 rings (SSSR count). The third-order valence-electron chi connectivity index (χ3n) is 4.75. The molecule has 3 aromatic carbocycles. The van der Waals surface area contributed by atoms with E-state index in [9.17, 15) is 24.3 Å². The number of carboxylic acids is 1. The van der Waals surface area contributed by atoms with E-state index >= 15 is 0 Å². The minimum absolute atomic E-state index is 0.0112. The van der Waals surface area contributed by atoms with Crippen LogP contribution in [-0.4, -0.2) is 37.3 Å². The highest BCUT2D eigenvalue weighted by molar-refractivity contribution is 6.11. The lowest BCUT2D eigenvalue weighted by Crippen LogP contribution is -2.37. The van der Waals surface area contributed by atoms with E-state index < -0.39 is 30.2 Å². The molecule has 0 saturated heterocycles. The van der Waals surface area contributed by atoms with Crippen LogP contribution < -0.4 is 25.8 Å². The average Bonchev–Trinajstić information content (AvgIpc) is 2.87. The fourth-order valence-corrected chi connectivity index (χ4v) is 3.05. The molecule has 35 heavy (non-hydrogen) atoms. The van der Waals surface area contributed by atoms with E-state index in [2.05, 4.69) is 16.0 Å². The largest absolute Gasteiger partial charge is 0.548 e. The van der Waals surface area contributed by atoms with Crippen molar-refractivity contribution >= 4 is 35.5 Å². The Balaban J connectivity index is 1.80. The minimum atomic E-state index is -1.41. The number of nitrogens with one attached hydrogen (secondary N) is 3. The molecule has 0 aliphatic carbocycles. The zero-order valence-corrected chi connectivity index (χ0v) is 18.7. The molecule has 0 atom stereocenters. The Kier molecular flexibility index (Phi) is 8.33. The summed E-state index contributed by atoms with van der Waals surface area (Å²) in [7, 11) is 1.45. The number of hydrogen-bond donors (Lipinski definition) is 3. The van der Waals surface area contributed by atoms with Crippen molar-refractivity contribution in [1.82, 2.24) is 10.6 Å². The first-order valence-corrected chi connectivity index (χ1v) is 10.5. The van der Waals surface area contributed by atoms with Gasteiger partial charge in [0, 0.05) is 11.3 Å². The second-order valence-electron chi connectivity index (χ2n) is 7.21. The number of methoxy groups -OCH3 is 1. The van der Waals surface area contributed by atoms with Crippen LogP contribution in [0.4, 0.5) is 5.69 Å². The zero-order valence-electron chi connectivity index (χ0n) is 18.7. The predicted molar refractivity (Wildman–Crippen MR) is 127 cm³/mol. The Hall–Kier alpha value is -4.92. The monoisotopic (exact) mass is 472 g/mol. The molecule has 3 N–H and O–H groups in total. The van der Waals surface area contributed by atoms with Crippen LogP contribution >= 0.6 is 0 Å². The Morgan fingerprint density at radius 2 is 1.51 bits per heavy atom. The lowest BCUT2D eigenvalue weighted by molar-refractivity contribution is -0.303. The van der Waals surface area contributed by atoms with E-state index in [0.29, 0.717) is 17.0 Å². The molecular formula is C26H22N3O6-. The van der Waals surface area contributed by atoms with Gasteiger partial charge in [-0.15, -0.1) is 0 Å². The molecular weight excluding hydrogens is 450 g/mol. The van der Waals surface area contributed by atoms with E-state index in [0.717, 1.165) is 0 Å². The third-order valence-corrected chi connectivity index (χ3v) is 4.75. The number of aliphatic carboxylic acids is 1. The van der Waals surface area contributed by atoms with Crippen LogP contribution in [0.15, 0.2) is 84.6 Å². The number of benzene rings is 3. The first-order chi connectivity index (χ1) is 16.9. The predicted octanol–water partition coefficient (Wildman–Crippen LogP) is 1.58. The van der Waals surface area contributed by atoms with Gasteiger partial charge < -0.3 is 30.6 Å². The van der Waals surface area contributed by atoms with Crippen LogP contribution in [0.5, 0.6) is 5.75 Å². The quantitative estimate of drug-likeness (QED) is 0.405. The number of carbonyl (C=O) groups is 4. The van der Waals surface area contributed by atoms with Crippen molar-refractivity contribution in [2.45, 2.75) is 0 Å². The second kappa shape index (κ2) is 11.8. The van der Waals surface area contributed by atoms with Crippen LogP contribution in [0.25, 0.3) is 6.08 Å².